The number of hydrogen-bond donors (Lipinski definition) is 1. The number of aliphatic hydroxyl groups is 1. The van der Waals surface area contributed by atoms with Gasteiger partial charge in [-0.25, -0.2) is 0 Å². The van der Waals surface area contributed by atoms with Crippen molar-refractivity contribution in [2.45, 2.75) is 90.8 Å². The highest BCUT2D eigenvalue weighted by Crippen LogP contribution is 2.67. The fourth-order valence-corrected chi connectivity index (χ4v) is 7.56. The average molecular weight is 375 g/mol. The smallest absolute Gasteiger partial charge is 0.302 e. The second-order valence-electron chi connectivity index (χ2n) is 10.1. The lowest BCUT2D eigenvalue weighted by Crippen LogP contribution is -2.57. The van der Waals surface area contributed by atoms with Gasteiger partial charge in [0.25, 0.3) is 0 Å². The molecule has 0 aromatic carbocycles. The molecular formula is C23H34O4. The van der Waals surface area contributed by atoms with Crippen molar-refractivity contribution >= 4 is 11.8 Å². The van der Waals surface area contributed by atoms with E-state index in [1.165, 1.54) is 12.5 Å². The van der Waals surface area contributed by atoms with E-state index in [9.17, 15) is 14.7 Å². The number of fused-ring (bicyclic) bond motifs is 5. The number of esters is 1. The lowest BCUT2D eigenvalue weighted by molar-refractivity contribution is -0.160. The quantitative estimate of drug-likeness (QED) is 0.581. The van der Waals surface area contributed by atoms with E-state index in [1.807, 2.05) is 0 Å². The van der Waals surface area contributed by atoms with Gasteiger partial charge in [0.2, 0.25) is 0 Å². The number of hydrogen-bond acceptors (Lipinski definition) is 4. The van der Waals surface area contributed by atoms with Crippen molar-refractivity contribution in [3.8, 4) is 0 Å². The van der Waals surface area contributed by atoms with Gasteiger partial charge in [-0.3, -0.25) is 9.59 Å². The third kappa shape index (κ3) is 2.58. The van der Waals surface area contributed by atoms with Crippen LogP contribution in [0.4, 0.5) is 0 Å². The average Bonchev–Trinajstić information content (AvgIpc) is 2.87. The van der Waals surface area contributed by atoms with Crippen LogP contribution < -0.4 is 0 Å². The second kappa shape index (κ2) is 6.17. The molecule has 0 aromatic heterocycles. The maximum absolute atomic E-state index is 12.3. The number of allylic oxidation sites excluding steroid dienone is 1. The summed E-state index contributed by atoms with van der Waals surface area (Å²) >= 11 is 0. The van der Waals surface area contributed by atoms with Gasteiger partial charge in [0, 0.05) is 18.8 Å². The first kappa shape index (κ1) is 19.2. The van der Waals surface area contributed by atoms with Crippen molar-refractivity contribution in [3.05, 3.63) is 11.6 Å². The largest absolute Gasteiger partial charge is 0.462 e. The molecule has 4 rings (SSSR count). The maximum Gasteiger partial charge on any atom is 0.302 e. The summed E-state index contributed by atoms with van der Waals surface area (Å²) in [5.41, 5.74) is 0.235. The third-order valence-electron chi connectivity index (χ3n) is 9.13. The van der Waals surface area contributed by atoms with Gasteiger partial charge in [-0.05, 0) is 75.0 Å². The summed E-state index contributed by atoms with van der Waals surface area (Å²) in [4.78, 5) is 23.7. The molecule has 0 heterocycles. The predicted molar refractivity (Wildman–Crippen MR) is 103 cm³/mol. The van der Waals surface area contributed by atoms with Crippen molar-refractivity contribution in [2.24, 2.45) is 28.6 Å². The summed E-state index contributed by atoms with van der Waals surface area (Å²) in [7, 11) is 0. The van der Waals surface area contributed by atoms with Crippen molar-refractivity contribution in [1.29, 1.82) is 0 Å². The van der Waals surface area contributed by atoms with E-state index < -0.39 is 5.60 Å². The highest BCUT2D eigenvalue weighted by atomic mass is 16.5. The van der Waals surface area contributed by atoms with Crippen LogP contribution in [0, 0.1) is 28.6 Å². The molecule has 1 N–H and O–H groups in total. The first-order valence-electron chi connectivity index (χ1n) is 10.7. The minimum Gasteiger partial charge on any atom is -0.462 e. The predicted octanol–water partition coefficient (Wildman–Crippen LogP) is 4.20. The summed E-state index contributed by atoms with van der Waals surface area (Å²) in [6, 6.07) is 0. The Bertz CT molecular complexity index is 696. The Morgan fingerprint density at radius 2 is 1.78 bits per heavy atom. The Morgan fingerprint density at radius 1 is 1.07 bits per heavy atom. The Morgan fingerprint density at radius 3 is 2.44 bits per heavy atom. The molecule has 4 aliphatic carbocycles. The van der Waals surface area contributed by atoms with Crippen molar-refractivity contribution in [3.63, 3.8) is 0 Å². The SMILES string of the molecule is CC(=O)OC1CC[C@@]2(C)C(=CCC3C2CC[C@@]2(C)C3CC[C@]2(O)C(C)=O)C1. The molecule has 4 nitrogen and oxygen atoms in total. The van der Waals surface area contributed by atoms with E-state index >= 15 is 0 Å². The molecule has 7 atom stereocenters. The second-order valence-corrected chi connectivity index (χ2v) is 10.1. The molecule has 0 saturated heterocycles. The molecule has 4 heteroatoms. The number of carbonyl (C=O) groups excluding carboxylic acids is 2. The Hall–Kier alpha value is -1.16. The van der Waals surface area contributed by atoms with Crippen LogP contribution in [0.1, 0.15) is 79.1 Å². The fourth-order valence-electron chi connectivity index (χ4n) is 7.56. The highest BCUT2D eigenvalue weighted by molar-refractivity contribution is 5.86. The first-order chi connectivity index (χ1) is 12.6. The van der Waals surface area contributed by atoms with Gasteiger partial charge in [0.05, 0.1) is 0 Å². The summed E-state index contributed by atoms with van der Waals surface area (Å²) in [5.74, 6) is 1.36. The number of Topliss-reactive ketones (excluding diaryl/α,β-unsaturated/α-hetero) is 1. The van der Waals surface area contributed by atoms with Crippen LogP contribution in [0.5, 0.6) is 0 Å². The first-order valence-corrected chi connectivity index (χ1v) is 10.7. The maximum atomic E-state index is 12.3. The molecule has 3 fully saturated rings. The number of ether oxygens (including phenoxy) is 1. The van der Waals surface area contributed by atoms with Crippen LogP contribution in [0.2, 0.25) is 0 Å². The molecule has 0 bridgehead atoms. The van der Waals surface area contributed by atoms with Gasteiger partial charge in [0.15, 0.2) is 5.78 Å². The van der Waals surface area contributed by atoms with Crippen LogP contribution in [-0.2, 0) is 14.3 Å². The van der Waals surface area contributed by atoms with Crippen LogP contribution in [0.25, 0.3) is 0 Å². The van der Waals surface area contributed by atoms with Gasteiger partial charge < -0.3 is 9.84 Å². The molecule has 4 aliphatic rings. The van der Waals surface area contributed by atoms with Crippen LogP contribution in [0.3, 0.4) is 0 Å². The minimum absolute atomic E-state index is 0.0292. The molecule has 3 saturated carbocycles. The van der Waals surface area contributed by atoms with E-state index in [4.69, 9.17) is 4.74 Å². The van der Waals surface area contributed by atoms with E-state index in [0.717, 1.165) is 44.9 Å². The zero-order chi connectivity index (χ0) is 19.6. The summed E-state index contributed by atoms with van der Waals surface area (Å²) < 4.78 is 5.51. The molecule has 0 amide bonds. The lowest BCUT2D eigenvalue weighted by atomic mass is 9.47. The zero-order valence-corrected chi connectivity index (χ0v) is 17.2. The molecule has 27 heavy (non-hydrogen) atoms. The highest BCUT2D eigenvalue weighted by Gasteiger charge is 2.65. The summed E-state index contributed by atoms with van der Waals surface area (Å²) in [6.45, 7) is 7.64. The van der Waals surface area contributed by atoms with Crippen molar-refractivity contribution in [2.75, 3.05) is 0 Å². The van der Waals surface area contributed by atoms with E-state index in [0.29, 0.717) is 24.2 Å². The van der Waals surface area contributed by atoms with E-state index in [1.54, 1.807) is 6.92 Å². The summed E-state index contributed by atoms with van der Waals surface area (Å²) in [5, 5.41) is 11.2. The van der Waals surface area contributed by atoms with Gasteiger partial charge >= 0.3 is 5.97 Å². The zero-order valence-electron chi connectivity index (χ0n) is 17.2. The molecule has 0 aromatic rings. The van der Waals surface area contributed by atoms with Gasteiger partial charge in [-0.15, -0.1) is 0 Å². The molecule has 0 spiro atoms. The molecule has 0 radical (unpaired) electrons. The summed E-state index contributed by atoms with van der Waals surface area (Å²) in [6.07, 6.45) is 9.96. The topological polar surface area (TPSA) is 63.6 Å². The Kier molecular flexibility index (Phi) is 4.38. The Balaban J connectivity index is 1.61. The standard InChI is InChI=1S/C23H34O4/c1-14(24)23(26)12-9-20-18-6-5-16-13-17(27-15(2)25)7-10-21(16,3)19(18)8-11-22(20,23)4/h5,17-20,26H,6-13H2,1-4H3/t17?,18?,19?,20?,21-,22-,23-/m0/s1. The Labute approximate surface area is 162 Å². The van der Waals surface area contributed by atoms with E-state index in [-0.39, 0.29) is 28.7 Å². The molecule has 4 unspecified atom stereocenters. The van der Waals surface area contributed by atoms with Crippen LogP contribution in [0.15, 0.2) is 11.6 Å². The minimum atomic E-state index is -1.14. The van der Waals surface area contributed by atoms with Crippen molar-refractivity contribution < 1.29 is 19.4 Å². The van der Waals surface area contributed by atoms with Crippen LogP contribution in [-0.4, -0.2) is 28.6 Å². The number of rotatable bonds is 2. The number of ketones is 1. The third-order valence-corrected chi connectivity index (χ3v) is 9.13. The van der Waals surface area contributed by atoms with Crippen molar-refractivity contribution in [1.82, 2.24) is 0 Å². The van der Waals surface area contributed by atoms with Gasteiger partial charge in [-0.1, -0.05) is 25.5 Å². The van der Waals surface area contributed by atoms with Crippen LogP contribution >= 0.6 is 0 Å². The normalized spacial score (nSPS) is 48.7. The molecular weight excluding hydrogens is 340 g/mol. The lowest BCUT2D eigenvalue weighted by Gasteiger charge is -2.58. The van der Waals surface area contributed by atoms with Gasteiger partial charge in [0.1, 0.15) is 11.7 Å². The number of carbonyl (C=O) groups is 2. The van der Waals surface area contributed by atoms with E-state index in [2.05, 4.69) is 19.9 Å². The van der Waals surface area contributed by atoms with Gasteiger partial charge in [-0.2, -0.15) is 0 Å². The fraction of sp³-hybridized carbons (Fsp3) is 0.826. The molecule has 0 aliphatic heterocycles. The molecule has 150 valence electrons. The monoisotopic (exact) mass is 374 g/mol.